The van der Waals surface area contributed by atoms with Gasteiger partial charge in [-0.1, -0.05) is 6.07 Å². The lowest BCUT2D eigenvalue weighted by Gasteiger charge is -2.42. The first-order valence-corrected chi connectivity index (χ1v) is 7.64. The molecule has 1 aromatic rings. The number of ether oxygens (including phenoxy) is 1. The summed E-state index contributed by atoms with van der Waals surface area (Å²) < 4.78 is 5.96. The Morgan fingerprint density at radius 3 is 2.90 bits per heavy atom. The third kappa shape index (κ3) is 3.49. The number of aromatic nitrogens is 1. The molecule has 4 heteroatoms. The molecule has 0 amide bonds. The van der Waals surface area contributed by atoms with Crippen molar-refractivity contribution in [1.82, 2.24) is 10.3 Å². The van der Waals surface area contributed by atoms with E-state index in [0.29, 0.717) is 0 Å². The molecular formula is C16H25N3O. The van der Waals surface area contributed by atoms with Crippen molar-refractivity contribution in [1.29, 1.82) is 0 Å². The van der Waals surface area contributed by atoms with Gasteiger partial charge in [0.25, 0.3) is 0 Å². The quantitative estimate of drug-likeness (QED) is 0.915. The first-order chi connectivity index (χ1) is 9.52. The molecular weight excluding hydrogens is 250 g/mol. The Morgan fingerprint density at radius 2 is 2.20 bits per heavy atom. The van der Waals surface area contributed by atoms with Crippen LogP contribution in [0.25, 0.3) is 0 Å². The zero-order valence-corrected chi connectivity index (χ0v) is 12.7. The van der Waals surface area contributed by atoms with Crippen molar-refractivity contribution < 1.29 is 4.74 Å². The van der Waals surface area contributed by atoms with Crippen LogP contribution >= 0.6 is 0 Å². The Bertz CT molecular complexity index is 471. The fraction of sp³-hybridized carbons (Fsp3) is 0.688. The van der Waals surface area contributed by atoms with Crippen molar-refractivity contribution in [3.05, 3.63) is 23.9 Å². The number of anilines is 1. The van der Waals surface area contributed by atoms with E-state index in [2.05, 4.69) is 49.2 Å². The highest BCUT2D eigenvalue weighted by molar-refractivity contribution is 5.40. The van der Waals surface area contributed by atoms with E-state index >= 15 is 0 Å². The molecule has 1 aliphatic heterocycles. The Kier molecular flexibility index (Phi) is 3.69. The summed E-state index contributed by atoms with van der Waals surface area (Å²) in [5, 5.41) is 3.52. The van der Waals surface area contributed by atoms with Crippen molar-refractivity contribution in [3.63, 3.8) is 0 Å². The van der Waals surface area contributed by atoms with Crippen LogP contribution in [0.1, 0.15) is 39.3 Å². The zero-order valence-electron chi connectivity index (χ0n) is 12.7. The van der Waals surface area contributed by atoms with Gasteiger partial charge in [-0.15, -0.1) is 0 Å². The van der Waals surface area contributed by atoms with Crippen LogP contribution in [-0.4, -0.2) is 35.8 Å². The summed E-state index contributed by atoms with van der Waals surface area (Å²) in [5.41, 5.74) is 1.02. The third-order valence-electron chi connectivity index (χ3n) is 3.83. The molecule has 4 nitrogen and oxygen atoms in total. The van der Waals surface area contributed by atoms with Gasteiger partial charge in [0.1, 0.15) is 5.82 Å². The van der Waals surface area contributed by atoms with Gasteiger partial charge in [0, 0.05) is 25.7 Å². The number of morpholine rings is 1. The fourth-order valence-corrected chi connectivity index (χ4v) is 2.91. The Morgan fingerprint density at radius 1 is 1.40 bits per heavy atom. The Balaban J connectivity index is 1.70. The van der Waals surface area contributed by atoms with E-state index in [4.69, 9.17) is 9.72 Å². The minimum atomic E-state index is -0.110. The van der Waals surface area contributed by atoms with Crippen LogP contribution in [0.4, 0.5) is 5.82 Å². The van der Waals surface area contributed by atoms with Crippen molar-refractivity contribution in [2.45, 2.75) is 57.9 Å². The average molecular weight is 275 g/mol. The van der Waals surface area contributed by atoms with Crippen LogP contribution in [-0.2, 0) is 11.3 Å². The topological polar surface area (TPSA) is 37.4 Å². The fourth-order valence-electron chi connectivity index (χ4n) is 2.91. The molecule has 3 rings (SSSR count). The van der Waals surface area contributed by atoms with Crippen LogP contribution in [0, 0.1) is 0 Å². The molecule has 110 valence electrons. The van der Waals surface area contributed by atoms with Gasteiger partial charge in [0.05, 0.1) is 17.4 Å². The van der Waals surface area contributed by atoms with E-state index in [-0.39, 0.29) is 11.7 Å². The van der Waals surface area contributed by atoms with E-state index in [1.54, 1.807) is 0 Å². The molecule has 0 radical (unpaired) electrons. The van der Waals surface area contributed by atoms with Crippen LogP contribution in [0.2, 0.25) is 0 Å². The van der Waals surface area contributed by atoms with Gasteiger partial charge in [0.15, 0.2) is 0 Å². The lowest BCUT2D eigenvalue weighted by Crippen LogP contribution is -2.52. The second kappa shape index (κ2) is 5.34. The summed E-state index contributed by atoms with van der Waals surface area (Å²) in [6.45, 7) is 9.11. The molecule has 1 N–H and O–H groups in total. The normalized spacial score (nSPS) is 25.8. The van der Waals surface area contributed by atoms with Crippen LogP contribution in [0.5, 0.6) is 0 Å². The minimum Gasteiger partial charge on any atom is -0.369 e. The predicted octanol–water partition coefficient (Wildman–Crippen LogP) is 2.34. The maximum Gasteiger partial charge on any atom is 0.129 e. The lowest BCUT2D eigenvalue weighted by molar-refractivity contribution is -0.0751. The molecule has 1 saturated carbocycles. The molecule has 1 unspecified atom stereocenters. The van der Waals surface area contributed by atoms with E-state index in [9.17, 15) is 0 Å². The highest BCUT2D eigenvalue weighted by atomic mass is 16.5. The summed E-state index contributed by atoms with van der Waals surface area (Å²) in [7, 11) is 0. The molecule has 0 aromatic carbocycles. The van der Waals surface area contributed by atoms with Gasteiger partial charge in [-0.05, 0) is 45.7 Å². The van der Waals surface area contributed by atoms with Gasteiger partial charge >= 0.3 is 0 Å². The molecule has 0 spiro atoms. The summed E-state index contributed by atoms with van der Waals surface area (Å²) in [5.74, 6) is 1.07. The third-order valence-corrected chi connectivity index (χ3v) is 3.83. The van der Waals surface area contributed by atoms with E-state index in [0.717, 1.165) is 37.2 Å². The molecule has 1 saturated heterocycles. The maximum atomic E-state index is 5.96. The standard InChI is InChI=1S/C16H25N3O/c1-12-10-19(11-16(2,3)20-12)15-6-4-5-14(18-15)9-17-13-7-8-13/h4-6,12-13,17H,7-11H2,1-3H3. The molecule has 0 bridgehead atoms. The van der Waals surface area contributed by atoms with Gasteiger partial charge < -0.3 is 15.0 Å². The number of nitrogens with zero attached hydrogens (tertiary/aromatic N) is 2. The number of pyridine rings is 1. The van der Waals surface area contributed by atoms with Gasteiger partial charge in [-0.2, -0.15) is 0 Å². The molecule has 2 fully saturated rings. The molecule has 1 atom stereocenters. The second-order valence-electron chi connectivity index (χ2n) is 6.71. The number of hydrogen-bond donors (Lipinski definition) is 1. The predicted molar refractivity (Wildman–Crippen MR) is 80.9 cm³/mol. The highest BCUT2D eigenvalue weighted by Crippen LogP contribution is 2.25. The first kappa shape index (κ1) is 13.8. The van der Waals surface area contributed by atoms with E-state index < -0.39 is 0 Å². The Hall–Kier alpha value is -1.13. The monoisotopic (exact) mass is 275 g/mol. The van der Waals surface area contributed by atoms with Crippen LogP contribution < -0.4 is 10.2 Å². The number of hydrogen-bond acceptors (Lipinski definition) is 4. The van der Waals surface area contributed by atoms with Crippen molar-refractivity contribution in [2.24, 2.45) is 0 Å². The lowest BCUT2D eigenvalue weighted by atomic mass is 10.1. The second-order valence-corrected chi connectivity index (χ2v) is 6.71. The van der Waals surface area contributed by atoms with Crippen molar-refractivity contribution in [2.75, 3.05) is 18.0 Å². The minimum absolute atomic E-state index is 0.110. The van der Waals surface area contributed by atoms with E-state index in [1.165, 1.54) is 12.8 Å². The largest absolute Gasteiger partial charge is 0.369 e. The smallest absolute Gasteiger partial charge is 0.129 e. The average Bonchev–Trinajstić information content (AvgIpc) is 3.18. The Labute approximate surface area is 121 Å². The van der Waals surface area contributed by atoms with E-state index in [1.807, 2.05) is 0 Å². The van der Waals surface area contributed by atoms with Crippen LogP contribution in [0.15, 0.2) is 18.2 Å². The highest BCUT2D eigenvalue weighted by Gasteiger charge is 2.32. The summed E-state index contributed by atoms with van der Waals surface area (Å²) in [6, 6.07) is 7.05. The maximum absolute atomic E-state index is 5.96. The van der Waals surface area contributed by atoms with Crippen molar-refractivity contribution >= 4 is 5.82 Å². The van der Waals surface area contributed by atoms with Crippen molar-refractivity contribution in [3.8, 4) is 0 Å². The number of nitrogens with one attached hydrogen (secondary N) is 1. The molecule has 20 heavy (non-hydrogen) atoms. The zero-order chi connectivity index (χ0) is 14.2. The molecule has 1 aliphatic carbocycles. The molecule has 2 heterocycles. The van der Waals surface area contributed by atoms with Gasteiger partial charge in [0.2, 0.25) is 0 Å². The van der Waals surface area contributed by atoms with Gasteiger partial charge in [-0.25, -0.2) is 4.98 Å². The molecule has 2 aliphatic rings. The molecule has 1 aromatic heterocycles. The van der Waals surface area contributed by atoms with Gasteiger partial charge in [-0.3, -0.25) is 0 Å². The van der Waals surface area contributed by atoms with Crippen LogP contribution in [0.3, 0.4) is 0 Å². The summed E-state index contributed by atoms with van der Waals surface area (Å²) in [6.07, 6.45) is 2.87. The first-order valence-electron chi connectivity index (χ1n) is 7.64. The summed E-state index contributed by atoms with van der Waals surface area (Å²) >= 11 is 0. The SMILES string of the molecule is CC1CN(c2cccc(CNC3CC3)n2)CC(C)(C)O1. The summed E-state index contributed by atoms with van der Waals surface area (Å²) in [4.78, 5) is 7.15. The number of rotatable bonds is 4.